The van der Waals surface area contributed by atoms with Gasteiger partial charge < -0.3 is 10.2 Å². The van der Waals surface area contributed by atoms with Crippen molar-refractivity contribution in [1.29, 1.82) is 0 Å². The second kappa shape index (κ2) is 26.2. The minimum atomic E-state index is -0.578. The molecule has 66 heavy (non-hydrogen) atoms. The molecule has 2 aliphatic rings. The highest BCUT2D eigenvalue weighted by molar-refractivity contribution is 5.87. The van der Waals surface area contributed by atoms with E-state index in [9.17, 15) is 10.2 Å². The molecule has 0 aliphatic heterocycles. The predicted molar refractivity (Wildman–Crippen MR) is 287 cm³/mol. The number of rotatable bonds is 32. The van der Waals surface area contributed by atoms with Crippen LogP contribution >= 0.6 is 0 Å². The molecule has 4 aromatic rings. The third-order valence-electron chi connectivity index (χ3n) is 16.0. The number of hydrogen-bond acceptors (Lipinski definition) is 2. The van der Waals surface area contributed by atoms with E-state index >= 15 is 0 Å². The summed E-state index contributed by atoms with van der Waals surface area (Å²) in [7, 11) is 0. The van der Waals surface area contributed by atoms with Gasteiger partial charge >= 0.3 is 0 Å². The molecule has 0 amide bonds. The van der Waals surface area contributed by atoms with Crippen LogP contribution in [0, 0.1) is 13.8 Å². The van der Waals surface area contributed by atoms with E-state index in [1.54, 1.807) is 35.3 Å². The van der Waals surface area contributed by atoms with Crippen LogP contribution in [0.5, 0.6) is 0 Å². The standard InChI is InChI=1S/C64H92O2/c1-7-10-13-16-23-28-41-64(42-29-24-17-14-11-8-2)60-45-50(5)33-37-56(60)58-39-35-53(48-62(58)64)52-34-38-57-55-36-32-49(4)44-59(55)63(61(57)47-52,40-27-15-12-9-3)43-30-25-21-19-18-20-22-26-31-54(66)46-51(6)65/h32-39,44-48,51,65-66H,7-31,40-43H2,1-6H3. The van der Waals surface area contributed by atoms with Crippen molar-refractivity contribution in [2.24, 2.45) is 0 Å². The molecule has 6 rings (SSSR count). The zero-order valence-electron chi connectivity index (χ0n) is 43.0. The Bertz CT molecular complexity index is 2100. The fourth-order valence-electron chi connectivity index (χ4n) is 12.3. The van der Waals surface area contributed by atoms with Gasteiger partial charge in [-0.25, -0.2) is 0 Å². The predicted octanol–water partition coefficient (Wildman–Crippen LogP) is 19.7. The van der Waals surface area contributed by atoms with Gasteiger partial charge in [-0.2, -0.15) is 0 Å². The van der Waals surface area contributed by atoms with Crippen LogP contribution in [0.25, 0.3) is 33.4 Å². The van der Waals surface area contributed by atoms with E-state index in [-0.39, 0.29) is 10.8 Å². The van der Waals surface area contributed by atoms with Gasteiger partial charge in [0.15, 0.2) is 0 Å². The number of aliphatic hydroxyl groups is 2. The van der Waals surface area contributed by atoms with Crippen molar-refractivity contribution in [2.75, 3.05) is 0 Å². The quantitative estimate of drug-likeness (QED) is 0.0379. The fraction of sp³-hybridized carbons (Fsp3) is 0.594. The van der Waals surface area contributed by atoms with Gasteiger partial charge in [-0.1, -0.05) is 240 Å². The van der Waals surface area contributed by atoms with Gasteiger partial charge in [0.25, 0.3) is 0 Å². The topological polar surface area (TPSA) is 40.5 Å². The number of aliphatic hydroxyl groups excluding tert-OH is 2. The lowest BCUT2D eigenvalue weighted by molar-refractivity contribution is 0.235. The maximum atomic E-state index is 10.0. The molecule has 0 spiro atoms. The lowest BCUT2D eigenvalue weighted by Crippen LogP contribution is -2.26. The number of aryl methyl sites for hydroxylation is 2. The van der Waals surface area contributed by atoms with E-state index in [4.69, 9.17) is 0 Å². The Labute approximate surface area is 404 Å². The molecular formula is C64H92O2. The largest absolute Gasteiger partial charge is 0.513 e. The van der Waals surface area contributed by atoms with Gasteiger partial charge in [0.1, 0.15) is 0 Å². The first-order chi connectivity index (χ1) is 32.2. The maximum absolute atomic E-state index is 10.0. The highest BCUT2D eigenvalue weighted by Crippen LogP contribution is 2.57. The van der Waals surface area contributed by atoms with E-state index in [0.717, 1.165) is 12.8 Å². The number of fused-ring (bicyclic) bond motifs is 6. The Morgan fingerprint density at radius 3 is 1.09 bits per heavy atom. The van der Waals surface area contributed by atoms with Gasteiger partial charge in [-0.3, -0.25) is 0 Å². The molecule has 2 heteroatoms. The van der Waals surface area contributed by atoms with Crippen LogP contribution in [0.15, 0.2) is 84.6 Å². The number of benzene rings is 4. The molecule has 2 unspecified atom stereocenters. The summed E-state index contributed by atoms with van der Waals surface area (Å²) in [6.45, 7) is 13.3. The van der Waals surface area contributed by atoms with E-state index in [1.807, 2.05) is 0 Å². The SMILES string of the molecule is CCCCCCCCC1(CCCCCCCC)c2cc(C)ccc2-c2ccc(-c3ccc4c(c3)C(CCCCCC)(CCCCCCCCCCC(O)=CC(C)O)c3cc(C)ccc3-4)cc21. The second-order valence-electron chi connectivity index (χ2n) is 21.4. The molecule has 0 aromatic heterocycles. The highest BCUT2D eigenvalue weighted by Gasteiger charge is 2.44. The number of allylic oxidation sites excluding steroid dienone is 1. The lowest BCUT2D eigenvalue weighted by atomic mass is 9.69. The van der Waals surface area contributed by atoms with Crippen LogP contribution in [-0.2, 0) is 10.8 Å². The lowest BCUT2D eigenvalue weighted by Gasteiger charge is -2.34. The van der Waals surface area contributed by atoms with Crippen molar-refractivity contribution in [2.45, 2.75) is 245 Å². The van der Waals surface area contributed by atoms with Crippen LogP contribution < -0.4 is 0 Å². The molecule has 0 saturated heterocycles. The van der Waals surface area contributed by atoms with E-state index < -0.39 is 6.10 Å². The summed E-state index contributed by atoms with van der Waals surface area (Å²) < 4.78 is 0. The fourth-order valence-corrected chi connectivity index (χ4v) is 12.3. The average molecular weight is 893 g/mol. The smallest absolute Gasteiger partial charge is 0.0908 e. The molecule has 2 aliphatic carbocycles. The summed E-state index contributed by atoms with van der Waals surface area (Å²) in [4.78, 5) is 0. The summed E-state index contributed by atoms with van der Waals surface area (Å²) in [5.41, 5.74) is 18.1. The Kier molecular flexibility index (Phi) is 20.6. The van der Waals surface area contributed by atoms with Gasteiger partial charge in [-0.15, -0.1) is 0 Å². The minimum Gasteiger partial charge on any atom is -0.513 e. The van der Waals surface area contributed by atoms with Crippen LogP contribution in [0.3, 0.4) is 0 Å². The summed E-state index contributed by atoms with van der Waals surface area (Å²) >= 11 is 0. The van der Waals surface area contributed by atoms with Gasteiger partial charge in [0, 0.05) is 17.3 Å². The zero-order valence-corrected chi connectivity index (χ0v) is 43.0. The van der Waals surface area contributed by atoms with Gasteiger partial charge in [-0.05, 0) is 127 Å². The van der Waals surface area contributed by atoms with Crippen molar-refractivity contribution in [3.05, 3.63) is 118 Å². The van der Waals surface area contributed by atoms with Crippen LogP contribution in [0.2, 0.25) is 0 Å². The third kappa shape index (κ3) is 13.1. The van der Waals surface area contributed by atoms with Crippen LogP contribution in [-0.4, -0.2) is 16.3 Å². The van der Waals surface area contributed by atoms with Crippen molar-refractivity contribution in [3.8, 4) is 33.4 Å². The summed E-state index contributed by atoms with van der Waals surface area (Å²) in [5, 5.41) is 19.5. The Morgan fingerprint density at radius 1 is 0.424 bits per heavy atom. The van der Waals surface area contributed by atoms with Crippen LogP contribution in [0.1, 0.15) is 247 Å². The molecular weight excluding hydrogens is 801 g/mol. The van der Waals surface area contributed by atoms with Gasteiger partial charge in [0.2, 0.25) is 0 Å². The molecule has 360 valence electrons. The van der Waals surface area contributed by atoms with Crippen LogP contribution in [0.4, 0.5) is 0 Å². The van der Waals surface area contributed by atoms with E-state index in [2.05, 4.69) is 107 Å². The molecule has 0 fully saturated rings. The van der Waals surface area contributed by atoms with Crippen molar-refractivity contribution >= 4 is 0 Å². The molecule has 2 nitrogen and oxygen atoms in total. The van der Waals surface area contributed by atoms with Gasteiger partial charge in [0.05, 0.1) is 11.9 Å². The molecule has 0 saturated carbocycles. The first kappa shape index (κ1) is 51.8. The number of unbranched alkanes of at least 4 members (excludes halogenated alkanes) is 20. The zero-order chi connectivity index (χ0) is 46.8. The summed E-state index contributed by atoms with van der Waals surface area (Å²) in [6, 6.07) is 30.1. The van der Waals surface area contributed by atoms with Crippen molar-refractivity contribution < 1.29 is 10.2 Å². The number of hydrogen-bond donors (Lipinski definition) is 2. The molecule has 0 radical (unpaired) electrons. The van der Waals surface area contributed by atoms with Crippen molar-refractivity contribution in [3.63, 3.8) is 0 Å². The maximum Gasteiger partial charge on any atom is 0.0908 e. The highest BCUT2D eigenvalue weighted by atomic mass is 16.3. The molecule has 4 aromatic carbocycles. The third-order valence-corrected chi connectivity index (χ3v) is 16.0. The average Bonchev–Trinajstić information content (AvgIpc) is 3.72. The monoisotopic (exact) mass is 893 g/mol. The minimum absolute atomic E-state index is 0.0474. The Morgan fingerprint density at radius 2 is 0.727 bits per heavy atom. The molecule has 2 atom stereocenters. The van der Waals surface area contributed by atoms with E-state index in [1.165, 1.54) is 211 Å². The first-order valence-electron chi connectivity index (χ1n) is 27.8. The molecule has 0 heterocycles. The van der Waals surface area contributed by atoms with Crippen molar-refractivity contribution in [1.82, 2.24) is 0 Å². The first-order valence-corrected chi connectivity index (χ1v) is 27.8. The second-order valence-corrected chi connectivity index (χ2v) is 21.4. The summed E-state index contributed by atoms with van der Waals surface area (Å²) in [5.74, 6) is 0.332. The Hall–Kier alpha value is -3.62. The van der Waals surface area contributed by atoms with E-state index in [0.29, 0.717) is 12.2 Å². The molecule has 2 N–H and O–H groups in total. The summed E-state index contributed by atoms with van der Waals surface area (Å²) in [6.07, 6.45) is 37.7. The molecule has 0 bridgehead atoms. The Balaban J connectivity index is 1.29. The normalized spacial score (nSPS) is 16.3.